The standard InChI is InChI=1S/C24H21NO3/c1-28-21-12-14-23-22(18-5-3-2-4-6-18)13-9-19(24(23)16-21)15-17-7-10-20(11-8-17)25(26)27/h2-8,10-14,16,19H,9,15H2,1H3. The van der Waals surface area contributed by atoms with E-state index in [0.29, 0.717) is 5.92 Å². The molecule has 1 aliphatic carbocycles. The number of hydrogen-bond donors (Lipinski definition) is 0. The molecule has 0 saturated carbocycles. The lowest BCUT2D eigenvalue weighted by Gasteiger charge is -2.27. The molecule has 0 bridgehead atoms. The van der Waals surface area contributed by atoms with Gasteiger partial charge in [0.25, 0.3) is 5.69 Å². The van der Waals surface area contributed by atoms with Gasteiger partial charge < -0.3 is 4.74 Å². The molecule has 0 heterocycles. The maximum Gasteiger partial charge on any atom is 0.269 e. The molecule has 3 aromatic carbocycles. The van der Waals surface area contributed by atoms with Gasteiger partial charge in [0.2, 0.25) is 0 Å². The van der Waals surface area contributed by atoms with Crippen LogP contribution in [0.5, 0.6) is 5.75 Å². The Kier molecular flexibility index (Phi) is 4.94. The molecule has 4 nitrogen and oxygen atoms in total. The average molecular weight is 371 g/mol. The maximum atomic E-state index is 10.9. The van der Waals surface area contributed by atoms with Crippen molar-refractivity contribution in [2.75, 3.05) is 7.11 Å². The summed E-state index contributed by atoms with van der Waals surface area (Å²) in [5.74, 6) is 1.15. The Morgan fingerprint density at radius 2 is 1.79 bits per heavy atom. The smallest absolute Gasteiger partial charge is 0.269 e. The summed E-state index contributed by atoms with van der Waals surface area (Å²) in [7, 11) is 1.68. The van der Waals surface area contributed by atoms with Gasteiger partial charge in [-0.05, 0) is 58.7 Å². The van der Waals surface area contributed by atoms with Gasteiger partial charge in [-0.25, -0.2) is 0 Å². The Morgan fingerprint density at radius 3 is 2.46 bits per heavy atom. The zero-order valence-corrected chi connectivity index (χ0v) is 15.7. The summed E-state index contributed by atoms with van der Waals surface area (Å²) >= 11 is 0. The molecule has 0 amide bonds. The van der Waals surface area contributed by atoms with E-state index in [0.717, 1.165) is 24.2 Å². The van der Waals surface area contributed by atoms with Crippen molar-refractivity contribution in [1.29, 1.82) is 0 Å². The monoisotopic (exact) mass is 371 g/mol. The van der Waals surface area contributed by atoms with Gasteiger partial charge in [-0.1, -0.05) is 54.6 Å². The molecule has 0 fully saturated rings. The highest BCUT2D eigenvalue weighted by Crippen LogP contribution is 2.41. The van der Waals surface area contributed by atoms with Crippen LogP contribution >= 0.6 is 0 Å². The Balaban J connectivity index is 1.69. The van der Waals surface area contributed by atoms with Crippen molar-refractivity contribution in [1.82, 2.24) is 0 Å². The molecule has 3 aromatic rings. The summed E-state index contributed by atoms with van der Waals surface area (Å²) in [6, 6.07) is 23.5. The number of nitro groups is 1. The van der Waals surface area contributed by atoms with Crippen LogP contribution in [-0.2, 0) is 6.42 Å². The van der Waals surface area contributed by atoms with Gasteiger partial charge in [0, 0.05) is 12.1 Å². The molecule has 0 aromatic heterocycles. The third-order valence-corrected chi connectivity index (χ3v) is 5.31. The second kappa shape index (κ2) is 7.69. The van der Waals surface area contributed by atoms with Crippen molar-refractivity contribution >= 4 is 11.3 Å². The number of nitro benzene ring substituents is 1. The largest absolute Gasteiger partial charge is 0.497 e. The van der Waals surface area contributed by atoms with Gasteiger partial charge in [0.15, 0.2) is 0 Å². The lowest BCUT2D eigenvalue weighted by molar-refractivity contribution is -0.384. The van der Waals surface area contributed by atoms with Crippen LogP contribution in [0.2, 0.25) is 0 Å². The number of methoxy groups -OCH3 is 1. The van der Waals surface area contributed by atoms with Crippen LogP contribution in [0.4, 0.5) is 5.69 Å². The van der Waals surface area contributed by atoms with Crippen molar-refractivity contribution in [3.05, 3.63) is 111 Å². The van der Waals surface area contributed by atoms with E-state index in [-0.39, 0.29) is 10.6 Å². The van der Waals surface area contributed by atoms with Crippen molar-refractivity contribution < 1.29 is 9.66 Å². The molecule has 1 aliphatic rings. The van der Waals surface area contributed by atoms with E-state index in [4.69, 9.17) is 4.74 Å². The summed E-state index contributed by atoms with van der Waals surface area (Å²) in [6.45, 7) is 0. The molecular weight excluding hydrogens is 350 g/mol. The minimum Gasteiger partial charge on any atom is -0.497 e. The first kappa shape index (κ1) is 18.0. The SMILES string of the molecule is COc1ccc2c(c1)C(Cc1ccc([N+](=O)[O-])cc1)CC=C2c1ccccc1. The number of fused-ring (bicyclic) bond motifs is 1. The van der Waals surface area contributed by atoms with Crippen molar-refractivity contribution in [3.8, 4) is 5.75 Å². The van der Waals surface area contributed by atoms with Crippen LogP contribution in [0.15, 0.2) is 78.9 Å². The molecule has 1 unspecified atom stereocenters. The molecule has 1 atom stereocenters. The third-order valence-electron chi connectivity index (χ3n) is 5.31. The maximum absolute atomic E-state index is 10.9. The third kappa shape index (κ3) is 3.54. The normalized spacial score (nSPS) is 15.5. The number of benzene rings is 3. The zero-order valence-electron chi connectivity index (χ0n) is 15.7. The summed E-state index contributed by atoms with van der Waals surface area (Å²) in [4.78, 5) is 10.5. The molecule has 4 heteroatoms. The van der Waals surface area contributed by atoms with Gasteiger partial charge in [0.1, 0.15) is 5.75 Å². The molecule has 0 spiro atoms. The first-order chi connectivity index (χ1) is 13.7. The first-order valence-corrected chi connectivity index (χ1v) is 9.33. The summed E-state index contributed by atoms with van der Waals surface area (Å²) in [5.41, 5.74) is 6.17. The number of nitrogens with zero attached hydrogens (tertiary/aromatic N) is 1. The Hall–Kier alpha value is -3.40. The van der Waals surface area contributed by atoms with Crippen molar-refractivity contribution in [3.63, 3.8) is 0 Å². The van der Waals surface area contributed by atoms with E-state index >= 15 is 0 Å². The fourth-order valence-electron chi connectivity index (χ4n) is 3.87. The lowest BCUT2D eigenvalue weighted by atomic mass is 9.78. The molecule has 140 valence electrons. The molecule has 4 rings (SSSR count). The predicted molar refractivity (Wildman–Crippen MR) is 111 cm³/mol. The Bertz CT molecular complexity index is 1020. The molecule has 28 heavy (non-hydrogen) atoms. The first-order valence-electron chi connectivity index (χ1n) is 9.33. The second-order valence-electron chi connectivity index (χ2n) is 7.00. The van der Waals surface area contributed by atoms with Gasteiger partial charge in [-0.15, -0.1) is 0 Å². The number of ether oxygens (including phenoxy) is 1. The number of hydrogen-bond acceptors (Lipinski definition) is 3. The highest BCUT2D eigenvalue weighted by molar-refractivity contribution is 5.83. The molecule has 0 N–H and O–H groups in total. The minimum atomic E-state index is -0.362. The Labute approximate surface area is 164 Å². The van der Waals surface area contributed by atoms with E-state index in [2.05, 4.69) is 42.5 Å². The fraction of sp³-hybridized carbons (Fsp3) is 0.167. The molecular formula is C24H21NO3. The highest BCUT2D eigenvalue weighted by Gasteiger charge is 2.23. The number of allylic oxidation sites excluding steroid dienone is 1. The second-order valence-corrected chi connectivity index (χ2v) is 7.00. The van der Waals surface area contributed by atoms with Crippen LogP contribution < -0.4 is 4.74 Å². The highest BCUT2D eigenvalue weighted by atomic mass is 16.6. The Morgan fingerprint density at radius 1 is 1.04 bits per heavy atom. The van der Waals surface area contributed by atoms with Gasteiger partial charge >= 0.3 is 0 Å². The van der Waals surface area contributed by atoms with Crippen LogP contribution in [0, 0.1) is 10.1 Å². The average Bonchev–Trinajstić information content (AvgIpc) is 2.74. The summed E-state index contributed by atoms with van der Waals surface area (Å²) in [6.07, 6.45) is 4.05. The van der Waals surface area contributed by atoms with Gasteiger partial charge in [-0.3, -0.25) is 10.1 Å². The van der Waals surface area contributed by atoms with Crippen molar-refractivity contribution in [2.45, 2.75) is 18.8 Å². The van der Waals surface area contributed by atoms with Crippen LogP contribution in [0.25, 0.3) is 5.57 Å². The lowest BCUT2D eigenvalue weighted by Crippen LogP contribution is -2.11. The van der Waals surface area contributed by atoms with Gasteiger partial charge in [0.05, 0.1) is 12.0 Å². The number of rotatable bonds is 5. The van der Waals surface area contributed by atoms with Crippen LogP contribution in [-0.4, -0.2) is 12.0 Å². The fourth-order valence-corrected chi connectivity index (χ4v) is 3.87. The quantitative estimate of drug-likeness (QED) is 0.423. The molecule has 0 radical (unpaired) electrons. The molecule has 0 aliphatic heterocycles. The van der Waals surface area contributed by atoms with E-state index in [9.17, 15) is 10.1 Å². The van der Waals surface area contributed by atoms with Crippen LogP contribution in [0.3, 0.4) is 0 Å². The zero-order chi connectivity index (χ0) is 19.5. The van der Waals surface area contributed by atoms with Crippen LogP contribution in [0.1, 0.15) is 34.6 Å². The van der Waals surface area contributed by atoms with E-state index < -0.39 is 0 Å². The van der Waals surface area contributed by atoms with E-state index in [1.807, 2.05) is 24.3 Å². The minimum absolute atomic E-state index is 0.126. The van der Waals surface area contributed by atoms with Gasteiger partial charge in [-0.2, -0.15) is 0 Å². The number of non-ortho nitro benzene ring substituents is 1. The van der Waals surface area contributed by atoms with Crippen molar-refractivity contribution in [2.24, 2.45) is 0 Å². The predicted octanol–water partition coefficient (Wildman–Crippen LogP) is 5.77. The topological polar surface area (TPSA) is 52.4 Å². The molecule has 0 saturated heterocycles. The summed E-state index contributed by atoms with van der Waals surface area (Å²) < 4.78 is 5.47. The summed E-state index contributed by atoms with van der Waals surface area (Å²) in [5, 5.41) is 10.9. The van der Waals surface area contributed by atoms with E-state index in [1.165, 1.54) is 22.3 Å². The van der Waals surface area contributed by atoms with E-state index in [1.54, 1.807) is 19.2 Å².